The van der Waals surface area contributed by atoms with Crippen LogP contribution in [0.2, 0.25) is 0 Å². The van der Waals surface area contributed by atoms with Gasteiger partial charge in [-0.15, -0.1) is 11.3 Å². The Morgan fingerprint density at radius 2 is 2.10 bits per heavy atom. The predicted octanol–water partition coefficient (Wildman–Crippen LogP) is 3.17. The van der Waals surface area contributed by atoms with Crippen LogP contribution in [-0.4, -0.2) is 29.7 Å². The lowest BCUT2D eigenvalue weighted by Crippen LogP contribution is -2.34. The van der Waals surface area contributed by atoms with E-state index in [2.05, 4.69) is 18.8 Å². The summed E-state index contributed by atoms with van der Waals surface area (Å²) in [7, 11) is 0. The van der Waals surface area contributed by atoms with E-state index in [1.165, 1.54) is 0 Å². The molecule has 0 spiro atoms. The summed E-state index contributed by atoms with van der Waals surface area (Å²) in [5.41, 5.74) is 7.54. The third kappa shape index (κ3) is 3.28. The Hall–Kier alpha value is -1.62. The number of nitrogens with zero attached hydrogens (tertiary/aromatic N) is 2. The number of nitrogens with two attached hydrogens (primary N) is 1. The summed E-state index contributed by atoms with van der Waals surface area (Å²) in [6.07, 6.45) is 4.31. The van der Waals surface area contributed by atoms with Gasteiger partial charge in [0, 0.05) is 25.1 Å². The van der Waals surface area contributed by atoms with Crippen LogP contribution >= 0.6 is 11.3 Å². The highest BCUT2D eigenvalue weighted by atomic mass is 32.1. The van der Waals surface area contributed by atoms with E-state index in [4.69, 9.17) is 5.73 Å². The Morgan fingerprint density at radius 1 is 1.40 bits per heavy atom. The smallest absolute Gasteiger partial charge is 0.250 e. The Morgan fingerprint density at radius 3 is 2.75 bits per heavy atom. The number of thiophene rings is 1. The predicted molar refractivity (Wildman–Crippen MR) is 85.4 cm³/mol. The zero-order valence-corrected chi connectivity index (χ0v) is 12.9. The maximum absolute atomic E-state index is 12.7. The summed E-state index contributed by atoms with van der Waals surface area (Å²) in [4.78, 5) is 20.0. The Labute approximate surface area is 124 Å². The summed E-state index contributed by atoms with van der Waals surface area (Å²) in [6, 6.07) is 1.94. The molecule has 1 amide bonds. The summed E-state index contributed by atoms with van der Waals surface area (Å²) in [6.45, 7) is 5.76. The summed E-state index contributed by atoms with van der Waals surface area (Å²) < 4.78 is 0. The third-order valence-corrected chi connectivity index (χ3v) is 4.02. The molecule has 0 saturated carbocycles. The number of aliphatic imine (C=N–C) groups is 1. The minimum atomic E-state index is 0.0908. The Balaban J connectivity index is 2.27. The van der Waals surface area contributed by atoms with Gasteiger partial charge in [0.2, 0.25) is 5.91 Å². The molecule has 2 rings (SSSR count). The molecule has 0 aromatic carbocycles. The second-order valence-electron chi connectivity index (χ2n) is 4.91. The van der Waals surface area contributed by atoms with Gasteiger partial charge in [0.05, 0.1) is 10.6 Å². The van der Waals surface area contributed by atoms with Crippen LogP contribution in [0.4, 0.5) is 5.69 Å². The minimum absolute atomic E-state index is 0.0908. The number of fused-ring (bicyclic) bond motifs is 1. The van der Waals surface area contributed by atoms with Gasteiger partial charge in [-0.2, -0.15) is 0 Å². The fraction of sp³-hybridized carbons (Fsp3) is 0.467. The van der Waals surface area contributed by atoms with E-state index in [-0.39, 0.29) is 5.91 Å². The highest BCUT2D eigenvalue weighted by Crippen LogP contribution is 2.31. The minimum Gasteiger partial charge on any atom is -0.387 e. The summed E-state index contributed by atoms with van der Waals surface area (Å²) in [5, 5.41) is 1.97. The van der Waals surface area contributed by atoms with Gasteiger partial charge in [-0.05, 0) is 30.4 Å². The van der Waals surface area contributed by atoms with Gasteiger partial charge in [0.25, 0.3) is 0 Å². The molecule has 0 bridgehead atoms. The topological polar surface area (TPSA) is 58.7 Å². The lowest BCUT2D eigenvalue weighted by molar-refractivity contribution is -0.127. The molecule has 0 unspecified atom stereocenters. The number of hydrogen-bond donors (Lipinski definition) is 1. The van der Waals surface area contributed by atoms with Gasteiger partial charge in [-0.1, -0.05) is 13.8 Å². The lowest BCUT2D eigenvalue weighted by atomic mass is 10.1. The Kier molecular flexibility index (Phi) is 4.95. The molecule has 1 aromatic rings. The van der Waals surface area contributed by atoms with Gasteiger partial charge in [-0.3, -0.25) is 4.79 Å². The monoisotopic (exact) mass is 291 g/mol. The van der Waals surface area contributed by atoms with Gasteiger partial charge >= 0.3 is 0 Å². The normalized spacial score (nSPS) is 14.1. The van der Waals surface area contributed by atoms with Crippen molar-refractivity contribution in [3.63, 3.8) is 0 Å². The molecule has 2 heterocycles. The van der Waals surface area contributed by atoms with Gasteiger partial charge < -0.3 is 10.6 Å². The van der Waals surface area contributed by atoms with E-state index in [9.17, 15) is 4.79 Å². The molecule has 5 heteroatoms. The highest BCUT2D eigenvalue weighted by Gasteiger charge is 2.20. The fourth-order valence-corrected chi connectivity index (χ4v) is 3.10. The van der Waals surface area contributed by atoms with Crippen molar-refractivity contribution in [3.05, 3.63) is 21.9 Å². The highest BCUT2D eigenvalue weighted by molar-refractivity contribution is 7.11. The number of amides is 1. The molecule has 0 aliphatic carbocycles. The lowest BCUT2D eigenvalue weighted by Gasteiger charge is -2.22. The van der Waals surface area contributed by atoms with Crippen LogP contribution in [0.3, 0.4) is 0 Å². The molecule has 0 fully saturated rings. The van der Waals surface area contributed by atoms with E-state index in [0.29, 0.717) is 12.3 Å². The molecule has 108 valence electrons. The molecule has 20 heavy (non-hydrogen) atoms. The van der Waals surface area contributed by atoms with Crippen molar-refractivity contribution in [2.24, 2.45) is 10.7 Å². The molecule has 0 saturated heterocycles. The fourth-order valence-electron chi connectivity index (χ4n) is 2.31. The number of amidine groups is 1. The van der Waals surface area contributed by atoms with Crippen molar-refractivity contribution >= 4 is 34.8 Å². The quantitative estimate of drug-likeness (QED) is 0.905. The second kappa shape index (κ2) is 6.70. The third-order valence-electron chi connectivity index (χ3n) is 3.16. The van der Waals surface area contributed by atoms with Crippen molar-refractivity contribution in [2.45, 2.75) is 33.1 Å². The van der Waals surface area contributed by atoms with Crippen molar-refractivity contribution < 1.29 is 4.79 Å². The molecule has 2 N–H and O–H groups in total. The average Bonchev–Trinajstić information content (AvgIpc) is 2.77. The molecule has 1 aliphatic heterocycles. The SMILES string of the molecule is CCCN(CCC)C(=O)C1=Cc2sccc2N=C(N)C1. The number of carbonyl (C=O) groups excluding carboxylic acids is 1. The van der Waals surface area contributed by atoms with Gasteiger partial charge in [0.15, 0.2) is 0 Å². The van der Waals surface area contributed by atoms with Crippen molar-refractivity contribution in [1.29, 1.82) is 0 Å². The van der Waals surface area contributed by atoms with E-state index < -0.39 is 0 Å². The summed E-state index contributed by atoms with van der Waals surface area (Å²) >= 11 is 1.59. The first-order valence-electron chi connectivity index (χ1n) is 7.06. The van der Waals surface area contributed by atoms with E-state index in [1.807, 2.05) is 22.4 Å². The maximum Gasteiger partial charge on any atom is 0.250 e. The molecule has 4 nitrogen and oxygen atoms in total. The van der Waals surface area contributed by atoms with Crippen LogP contribution in [0.5, 0.6) is 0 Å². The van der Waals surface area contributed by atoms with E-state index >= 15 is 0 Å². The average molecular weight is 291 g/mol. The standard InChI is InChI=1S/C15H21N3OS/c1-3-6-18(7-4-2)15(19)11-9-13-12(5-8-20-13)17-14(16)10-11/h5,8-9H,3-4,6-7,10H2,1-2H3,(H2,16,17). The first-order valence-corrected chi connectivity index (χ1v) is 7.94. The first kappa shape index (κ1) is 14.8. The van der Waals surface area contributed by atoms with Crippen molar-refractivity contribution in [1.82, 2.24) is 4.90 Å². The molecule has 1 aromatic heterocycles. The molecular formula is C15H21N3OS. The van der Waals surface area contributed by atoms with Crippen LogP contribution in [0, 0.1) is 0 Å². The molecule has 1 aliphatic rings. The van der Waals surface area contributed by atoms with Crippen molar-refractivity contribution in [3.8, 4) is 0 Å². The number of rotatable bonds is 5. The number of carbonyl (C=O) groups is 1. The molecule has 0 radical (unpaired) electrons. The van der Waals surface area contributed by atoms with Crippen molar-refractivity contribution in [2.75, 3.05) is 13.1 Å². The maximum atomic E-state index is 12.7. The zero-order valence-electron chi connectivity index (χ0n) is 12.1. The van der Waals surface area contributed by atoms with Crippen LogP contribution in [0.15, 0.2) is 22.0 Å². The van der Waals surface area contributed by atoms with E-state index in [1.54, 1.807) is 11.3 Å². The van der Waals surface area contributed by atoms with Crippen LogP contribution in [0.1, 0.15) is 38.0 Å². The summed E-state index contributed by atoms with van der Waals surface area (Å²) in [5.74, 6) is 0.600. The van der Waals surface area contributed by atoms with Crippen LogP contribution in [-0.2, 0) is 4.79 Å². The zero-order chi connectivity index (χ0) is 14.5. The van der Waals surface area contributed by atoms with E-state index in [0.717, 1.165) is 42.1 Å². The first-order chi connectivity index (χ1) is 9.65. The largest absolute Gasteiger partial charge is 0.387 e. The number of hydrogen-bond acceptors (Lipinski definition) is 4. The van der Waals surface area contributed by atoms with Crippen LogP contribution in [0.25, 0.3) is 6.08 Å². The Bertz CT molecular complexity index is 539. The molecule has 0 atom stereocenters. The van der Waals surface area contributed by atoms with Gasteiger partial charge in [0.1, 0.15) is 5.84 Å². The second-order valence-corrected chi connectivity index (χ2v) is 5.86. The van der Waals surface area contributed by atoms with Gasteiger partial charge in [-0.25, -0.2) is 4.99 Å². The van der Waals surface area contributed by atoms with Crippen LogP contribution < -0.4 is 5.73 Å². The molecular weight excluding hydrogens is 270 g/mol.